The molecule has 0 amide bonds. The van der Waals surface area contributed by atoms with E-state index in [2.05, 4.69) is 34.8 Å². The molecule has 23 heavy (non-hydrogen) atoms. The predicted molar refractivity (Wildman–Crippen MR) is 85.3 cm³/mol. The zero-order chi connectivity index (χ0) is 16.4. The van der Waals surface area contributed by atoms with E-state index in [0.29, 0.717) is 25.7 Å². The number of rotatable bonds is 5. The molecule has 0 radical (unpaired) electrons. The second-order valence-electron chi connectivity index (χ2n) is 6.78. The molecule has 128 valence electrons. The average Bonchev–Trinajstić information content (AvgIpc) is 3.17. The maximum atomic E-state index is 11.7. The van der Waals surface area contributed by atoms with E-state index < -0.39 is 11.5 Å². The molecule has 2 saturated heterocycles. The van der Waals surface area contributed by atoms with Gasteiger partial charge in [0.25, 0.3) is 0 Å². The van der Waals surface area contributed by atoms with Crippen LogP contribution in [0.5, 0.6) is 0 Å². The van der Waals surface area contributed by atoms with E-state index in [9.17, 15) is 9.90 Å². The lowest BCUT2D eigenvalue weighted by molar-refractivity contribution is -0.153. The molecular formula is C16H26N4O3. The maximum absolute atomic E-state index is 11.7. The fraction of sp³-hybridized carbons (Fsp3) is 0.750. The normalized spacial score (nSPS) is 26.9. The molecule has 0 aromatic carbocycles. The Hall–Kier alpha value is -1.44. The Labute approximate surface area is 136 Å². The van der Waals surface area contributed by atoms with E-state index in [-0.39, 0.29) is 0 Å². The van der Waals surface area contributed by atoms with E-state index >= 15 is 0 Å². The van der Waals surface area contributed by atoms with Crippen LogP contribution in [-0.2, 0) is 16.1 Å². The number of ether oxygens (including phenoxy) is 1. The second-order valence-corrected chi connectivity index (χ2v) is 6.78. The van der Waals surface area contributed by atoms with E-state index in [4.69, 9.17) is 4.74 Å². The van der Waals surface area contributed by atoms with Gasteiger partial charge in [0.05, 0.1) is 12.3 Å². The van der Waals surface area contributed by atoms with Crippen molar-refractivity contribution >= 4 is 5.97 Å². The zero-order valence-corrected chi connectivity index (χ0v) is 13.9. The summed E-state index contributed by atoms with van der Waals surface area (Å²) >= 11 is 0. The summed E-state index contributed by atoms with van der Waals surface area (Å²) in [6, 6.07) is 2.44. The summed E-state index contributed by atoms with van der Waals surface area (Å²) in [6.45, 7) is 9.16. The lowest BCUT2D eigenvalue weighted by Gasteiger charge is -2.42. The van der Waals surface area contributed by atoms with Crippen molar-refractivity contribution in [3.8, 4) is 0 Å². The van der Waals surface area contributed by atoms with Crippen molar-refractivity contribution in [2.24, 2.45) is 0 Å². The number of aromatic nitrogens is 2. The number of carboxylic acid groups (broad SMARTS) is 1. The van der Waals surface area contributed by atoms with Crippen LogP contribution in [0.25, 0.3) is 0 Å². The van der Waals surface area contributed by atoms with Crippen LogP contribution in [0.1, 0.15) is 32.0 Å². The van der Waals surface area contributed by atoms with Gasteiger partial charge in [-0.25, -0.2) is 0 Å². The molecule has 0 spiro atoms. The molecule has 1 unspecified atom stereocenters. The molecule has 1 N–H and O–H groups in total. The Bertz CT molecular complexity index is 543. The molecule has 2 aliphatic heterocycles. The number of aliphatic carboxylic acids is 1. The Morgan fingerprint density at radius 3 is 2.65 bits per heavy atom. The van der Waals surface area contributed by atoms with Crippen LogP contribution in [-0.4, -0.2) is 75.6 Å². The van der Waals surface area contributed by atoms with Crippen LogP contribution in [0, 0.1) is 0 Å². The van der Waals surface area contributed by atoms with Crippen molar-refractivity contribution in [3.63, 3.8) is 0 Å². The van der Waals surface area contributed by atoms with Crippen LogP contribution in [0.4, 0.5) is 0 Å². The van der Waals surface area contributed by atoms with Gasteiger partial charge in [0.2, 0.25) is 0 Å². The van der Waals surface area contributed by atoms with Crippen molar-refractivity contribution < 1.29 is 14.6 Å². The monoisotopic (exact) mass is 322 g/mol. The molecule has 0 bridgehead atoms. The topological polar surface area (TPSA) is 70.8 Å². The van der Waals surface area contributed by atoms with E-state index in [1.165, 1.54) is 0 Å². The quantitative estimate of drug-likeness (QED) is 0.866. The molecule has 1 aromatic heterocycles. The molecular weight excluding hydrogens is 296 g/mol. The van der Waals surface area contributed by atoms with Crippen molar-refractivity contribution in [1.82, 2.24) is 19.6 Å². The molecule has 1 aromatic rings. The van der Waals surface area contributed by atoms with Gasteiger partial charge in [0, 0.05) is 58.0 Å². The van der Waals surface area contributed by atoms with E-state index in [1.54, 1.807) is 0 Å². The minimum Gasteiger partial charge on any atom is -0.480 e. The molecule has 2 aliphatic rings. The Morgan fingerprint density at radius 1 is 1.39 bits per heavy atom. The first-order valence-electron chi connectivity index (χ1n) is 8.34. The Morgan fingerprint density at radius 2 is 2.13 bits per heavy atom. The predicted octanol–water partition coefficient (Wildman–Crippen LogP) is 0.825. The van der Waals surface area contributed by atoms with Gasteiger partial charge in [0.1, 0.15) is 5.54 Å². The summed E-state index contributed by atoms with van der Waals surface area (Å²) in [7, 11) is 0. The largest absolute Gasteiger partial charge is 0.480 e. The summed E-state index contributed by atoms with van der Waals surface area (Å²) in [5.74, 6) is -0.751. The van der Waals surface area contributed by atoms with E-state index in [1.807, 2.05) is 10.9 Å². The van der Waals surface area contributed by atoms with Gasteiger partial charge in [-0.1, -0.05) is 0 Å². The number of carboxylic acids is 1. The Balaban J connectivity index is 1.56. The van der Waals surface area contributed by atoms with Crippen LogP contribution in [0.15, 0.2) is 12.3 Å². The molecule has 3 rings (SSSR count). The summed E-state index contributed by atoms with van der Waals surface area (Å²) in [6.07, 6.45) is 2.60. The van der Waals surface area contributed by atoms with Crippen LogP contribution in [0.3, 0.4) is 0 Å². The Kier molecular flexibility index (Phi) is 4.70. The highest BCUT2D eigenvalue weighted by molar-refractivity contribution is 5.79. The first-order valence-corrected chi connectivity index (χ1v) is 8.34. The van der Waals surface area contributed by atoms with Gasteiger partial charge in [-0.2, -0.15) is 5.10 Å². The number of piperazine rings is 1. The maximum Gasteiger partial charge on any atom is 0.326 e. The molecule has 7 heteroatoms. The third-order valence-corrected chi connectivity index (χ3v) is 4.95. The minimum absolute atomic E-state index is 0.307. The van der Waals surface area contributed by atoms with Crippen molar-refractivity contribution in [1.29, 1.82) is 0 Å². The van der Waals surface area contributed by atoms with Gasteiger partial charge >= 0.3 is 5.97 Å². The lowest BCUT2D eigenvalue weighted by Crippen LogP contribution is -2.61. The third kappa shape index (κ3) is 3.27. The van der Waals surface area contributed by atoms with Gasteiger partial charge in [-0.05, 0) is 19.9 Å². The highest BCUT2D eigenvalue weighted by Crippen LogP contribution is 2.28. The van der Waals surface area contributed by atoms with Crippen LogP contribution in [0.2, 0.25) is 0 Å². The van der Waals surface area contributed by atoms with Crippen LogP contribution >= 0.6 is 0 Å². The SMILES string of the molecule is CC(C)n1ccc(CN2CCN(C3(C(=O)O)CCOC3)CC2)n1. The number of carbonyl (C=O) groups is 1. The highest BCUT2D eigenvalue weighted by atomic mass is 16.5. The average molecular weight is 322 g/mol. The fourth-order valence-corrected chi connectivity index (χ4v) is 3.42. The minimum atomic E-state index is -0.814. The summed E-state index contributed by atoms with van der Waals surface area (Å²) in [4.78, 5) is 16.1. The van der Waals surface area contributed by atoms with Crippen LogP contribution < -0.4 is 0 Å². The number of hydrogen-bond donors (Lipinski definition) is 1. The number of nitrogens with zero attached hydrogens (tertiary/aromatic N) is 4. The highest BCUT2D eigenvalue weighted by Gasteiger charge is 2.48. The van der Waals surface area contributed by atoms with E-state index in [0.717, 1.165) is 38.4 Å². The smallest absolute Gasteiger partial charge is 0.326 e. The molecule has 7 nitrogen and oxygen atoms in total. The molecule has 1 atom stereocenters. The van der Waals surface area contributed by atoms with Crippen molar-refractivity contribution in [3.05, 3.63) is 18.0 Å². The summed E-state index contributed by atoms with van der Waals surface area (Å²) in [5, 5.41) is 14.2. The van der Waals surface area contributed by atoms with Gasteiger partial charge in [-0.15, -0.1) is 0 Å². The standard InChI is InChI=1S/C16H26N4O3/c1-13(2)20-5-3-14(17-20)11-18-6-8-19(9-7-18)16(15(21)22)4-10-23-12-16/h3,5,13H,4,6-12H2,1-2H3,(H,21,22). The van der Waals surface area contributed by atoms with Gasteiger partial charge < -0.3 is 9.84 Å². The molecule has 0 aliphatic carbocycles. The fourth-order valence-electron chi connectivity index (χ4n) is 3.42. The third-order valence-electron chi connectivity index (χ3n) is 4.95. The van der Waals surface area contributed by atoms with Crippen molar-refractivity contribution in [2.75, 3.05) is 39.4 Å². The molecule has 0 saturated carbocycles. The first kappa shape index (κ1) is 16.4. The zero-order valence-electron chi connectivity index (χ0n) is 13.9. The lowest BCUT2D eigenvalue weighted by atomic mass is 9.95. The molecule has 3 heterocycles. The first-order chi connectivity index (χ1) is 11.0. The van der Waals surface area contributed by atoms with Gasteiger partial charge in [0.15, 0.2) is 0 Å². The summed E-state index contributed by atoms with van der Waals surface area (Å²) in [5.41, 5.74) is 0.259. The van der Waals surface area contributed by atoms with Gasteiger partial charge in [-0.3, -0.25) is 19.3 Å². The number of hydrogen-bond acceptors (Lipinski definition) is 5. The van der Waals surface area contributed by atoms with Crippen molar-refractivity contribution in [2.45, 2.75) is 38.4 Å². The summed E-state index contributed by atoms with van der Waals surface area (Å²) < 4.78 is 7.35. The molecule has 2 fully saturated rings. The second kappa shape index (κ2) is 6.59.